The van der Waals surface area contributed by atoms with Crippen LogP contribution < -0.4 is 10.6 Å². The molecule has 3 amide bonds. The Morgan fingerprint density at radius 1 is 1.12 bits per heavy atom. The van der Waals surface area contributed by atoms with Crippen molar-refractivity contribution in [3.8, 4) is 0 Å². The van der Waals surface area contributed by atoms with Gasteiger partial charge in [0.1, 0.15) is 10.6 Å². The van der Waals surface area contributed by atoms with Gasteiger partial charge in [-0.05, 0) is 70.0 Å². The molecule has 0 aliphatic carbocycles. The Hall–Kier alpha value is -3.77. The predicted molar refractivity (Wildman–Crippen MR) is 153 cm³/mol. The predicted octanol–water partition coefficient (Wildman–Crippen LogP) is 5.79. The molecular formula is C28H31N3O7S2. The number of rotatable bonds is 7. The van der Waals surface area contributed by atoms with E-state index in [9.17, 15) is 19.2 Å². The molecule has 2 aromatic heterocycles. The normalized spacial score (nSPS) is 13.7. The molecule has 0 saturated heterocycles. The lowest BCUT2D eigenvalue weighted by Crippen LogP contribution is -2.39. The molecule has 12 heteroatoms. The van der Waals surface area contributed by atoms with Gasteiger partial charge in [-0.1, -0.05) is 6.07 Å². The van der Waals surface area contributed by atoms with Gasteiger partial charge in [0.15, 0.2) is 5.76 Å². The van der Waals surface area contributed by atoms with Crippen molar-refractivity contribution in [3.63, 3.8) is 0 Å². The quantitative estimate of drug-likeness (QED) is 0.263. The number of hydrogen-bond donors (Lipinski definition) is 2. The van der Waals surface area contributed by atoms with Crippen LogP contribution in [0.15, 0.2) is 52.0 Å². The van der Waals surface area contributed by atoms with Crippen molar-refractivity contribution in [3.05, 3.63) is 64.4 Å². The van der Waals surface area contributed by atoms with Gasteiger partial charge in [0.05, 0.1) is 30.7 Å². The number of esters is 1. The molecule has 212 valence electrons. The van der Waals surface area contributed by atoms with Crippen LogP contribution in [0.2, 0.25) is 0 Å². The lowest BCUT2D eigenvalue weighted by atomic mass is 10.0. The molecule has 3 aromatic rings. The number of carbonyl (C=O) groups is 4. The summed E-state index contributed by atoms with van der Waals surface area (Å²) in [7, 11) is 1.30. The highest BCUT2D eigenvalue weighted by molar-refractivity contribution is 8.00. The molecule has 1 aliphatic rings. The number of nitrogens with zero attached hydrogens (tertiary/aromatic N) is 1. The Labute approximate surface area is 240 Å². The van der Waals surface area contributed by atoms with E-state index < -0.39 is 22.9 Å². The second-order valence-corrected chi connectivity index (χ2v) is 12.6. The highest BCUT2D eigenvalue weighted by Gasteiger charge is 2.33. The third-order valence-corrected chi connectivity index (χ3v) is 8.08. The number of thioether (sulfide) groups is 1. The fraction of sp³-hybridized carbons (Fsp3) is 0.357. The summed E-state index contributed by atoms with van der Waals surface area (Å²) in [6, 6.07) is 10.3. The number of ether oxygens (including phenoxy) is 2. The van der Waals surface area contributed by atoms with Crippen LogP contribution in [0, 0.1) is 0 Å². The van der Waals surface area contributed by atoms with E-state index in [1.54, 1.807) is 62.9 Å². The maximum atomic E-state index is 13.2. The molecule has 0 spiro atoms. The largest absolute Gasteiger partial charge is 0.465 e. The molecule has 0 saturated carbocycles. The zero-order valence-electron chi connectivity index (χ0n) is 22.9. The van der Waals surface area contributed by atoms with E-state index in [1.807, 2.05) is 6.07 Å². The van der Waals surface area contributed by atoms with E-state index in [1.165, 1.54) is 36.5 Å². The third-order valence-electron chi connectivity index (χ3n) is 5.85. The van der Waals surface area contributed by atoms with Crippen LogP contribution in [-0.2, 0) is 27.2 Å². The van der Waals surface area contributed by atoms with Gasteiger partial charge in [-0.25, -0.2) is 9.59 Å². The second kappa shape index (κ2) is 12.2. The summed E-state index contributed by atoms with van der Waals surface area (Å²) >= 11 is 2.56. The average Bonchev–Trinajstić information content (AvgIpc) is 3.55. The van der Waals surface area contributed by atoms with Gasteiger partial charge in [0.2, 0.25) is 5.91 Å². The summed E-state index contributed by atoms with van der Waals surface area (Å²) in [5, 5.41) is 5.52. The zero-order valence-corrected chi connectivity index (χ0v) is 24.5. The molecule has 10 nitrogen and oxygen atoms in total. The van der Waals surface area contributed by atoms with E-state index in [2.05, 4.69) is 10.6 Å². The van der Waals surface area contributed by atoms with Crippen LogP contribution in [0.3, 0.4) is 0 Å². The maximum absolute atomic E-state index is 13.2. The number of thiophene rings is 1. The smallest absolute Gasteiger partial charge is 0.410 e. The van der Waals surface area contributed by atoms with E-state index in [0.29, 0.717) is 29.2 Å². The molecule has 2 N–H and O–H groups in total. The molecule has 0 fully saturated rings. The monoisotopic (exact) mass is 585 g/mol. The standard InChI is InChI=1S/C28H31N3O7S2/c1-16(39-18-9-6-8-17(14-18)29-24(33)20-10-7-13-37-20)23(32)30-25-22(26(34)36-5)19-11-12-31(15-21(19)40-25)27(35)38-28(2,3)4/h6-10,13-14,16H,11-12,15H2,1-5H3,(H,29,33)(H,30,32). The second-order valence-electron chi connectivity index (χ2n) is 10.1. The Kier molecular flexibility index (Phi) is 8.89. The summed E-state index contributed by atoms with van der Waals surface area (Å²) in [5.41, 5.74) is 1.03. The minimum Gasteiger partial charge on any atom is -0.465 e. The van der Waals surface area contributed by atoms with Gasteiger partial charge >= 0.3 is 12.1 Å². The summed E-state index contributed by atoms with van der Waals surface area (Å²) in [6.45, 7) is 7.83. The van der Waals surface area contributed by atoms with Gasteiger partial charge < -0.3 is 29.4 Å². The van der Waals surface area contributed by atoms with Crippen molar-refractivity contribution in [2.45, 2.75) is 56.4 Å². The minimum absolute atomic E-state index is 0.195. The molecule has 4 rings (SSSR count). The van der Waals surface area contributed by atoms with E-state index in [0.717, 1.165) is 15.3 Å². The number of anilines is 2. The van der Waals surface area contributed by atoms with Crippen LogP contribution >= 0.6 is 23.1 Å². The summed E-state index contributed by atoms with van der Waals surface area (Å²) in [6.07, 6.45) is 1.43. The first kappa shape index (κ1) is 29.2. The Morgan fingerprint density at radius 3 is 2.58 bits per heavy atom. The van der Waals surface area contributed by atoms with Gasteiger partial charge in [0, 0.05) is 22.0 Å². The molecule has 0 radical (unpaired) electrons. The lowest BCUT2D eigenvalue weighted by molar-refractivity contribution is -0.115. The van der Waals surface area contributed by atoms with Crippen molar-refractivity contribution < 1.29 is 33.1 Å². The molecule has 0 bridgehead atoms. The first-order valence-corrected chi connectivity index (χ1v) is 14.3. The van der Waals surface area contributed by atoms with Crippen molar-refractivity contribution >= 4 is 57.7 Å². The first-order valence-electron chi connectivity index (χ1n) is 12.6. The highest BCUT2D eigenvalue weighted by Crippen LogP contribution is 2.38. The molecule has 1 aromatic carbocycles. The molecule has 1 aliphatic heterocycles. The van der Waals surface area contributed by atoms with E-state index in [-0.39, 0.29) is 24.1 Å². The number of hydrogen-bond acceptors (Lipinski definition) is 9. The highest BCUT2D eigenvalue weighted by atomic mass is 32.2. The average molecular weight is 586 g/mol. The summed E-state index contributed by atoms with van der Waals surface area (Å²) in [4.78, 5) is 54.0. The topological polar surface area (TPSA) is 127 Å². The number of fused-ring (bicyclic) bond motifs is 1. The number of amides is 3. The number of carbonyl (C=O) groups excluding carboxylic acids is 4. The minimum atomic E-state index is -0.624. The molecular weight excluding hydrogens is 554 g/mol. The van der Waals surface area contributed by atoms with E-state index in [4.69, 9.17) is 13.9 Å². The molecule has 3 heterocycles. The van der Waals surface area contributed by atoms with Crippen molar-refractivity contribution in [2.24, 2.45) is 0 Å². The first-order chi connectivity index (χ1) is 18.9. The maximum Gasteiger partial charge on any atom is 0.410 e. The third kappa shape index (κ3) is 7.05. The Bertz CT molecular complexity index is 1410. The fourth-order valence-electron chi connectivity index (χ4n) is 4.01. The number of nitrogens with one attached hydrogen (secondary N) is 2. The van der Waals surface area contributed by atoms with Crippen molar-refractivity contribution in [1.82, 2.24) is 4.90 Å². The summed E-state index contributed by atoms with van der Waals surface area (Å²) in [5.74, 6) is -1.03. The van der Waals surface area contributed by atoms with Crippen LogP contribution in [0.5, 0.6) is 0 Å². The van der Waals surface area contributed by atoms with Gasteiger partial charge in [-0.3, -0.25) is 9.59 Å². The lowest BCUT2D eigenvalue weighted by Gasteiger charge is -2.30. The van der Waals surface area contributed by atoms with Crippen LogP contribution in [-0.4, -0.2) is 53.3 Å². The van der Waals surface area contributed by atoms with Crippen LogP contribution in [0.25, 0.3) is 0 Å². The molecule has 1 atom stereocenters. The van der Waals surface area contributed by atoms with Crippen LogP contribution in [0.4, 0.5) is 15.5 Å². The Morgan fingerprint density at radius 2 is 1.90 bits per heavy atom. The van der Waals surface area contributed by atoms with Gasteiger partial charge in [0.25, 0.3) is 5.91 Å². The van der Waals surface area contributed by atoms with Crippen molar-refractivity contribution in [1.29, 1.82) is 0 Å². The van der Waals surface area contributed by atoms with Gasteiger partial charge in [-0.15, -0.1) is 23.1 Å². The van der Waals surface area contributed by atoms with E-state index >= 15 is 0 Å². The molecule has 40 heavy (non-hydrogen) atoms. The van der Waals surface area contributed by atoms with Crippen molar-refractivity contribution in [2.75, 3.05) is 24.3 Å². The Balaban J connectivity index is 1.45. The fourth-order valence-corrected chi connectivity index (χ4v) is 6.19. The number of benzene rings is 1. The van der Waals surface area contributed by atoms with Gasteiger partial charge in [-0.2, -0.15) is 0 Å². The molecule has 1 unspecified atom stereocenters. The summed E-state index contributed by atoms with van der Waals surface area (Å²) < 4.78 is 15.6. The number of methoxy groups -OCH3 is 1. The zero-order chi connectivity index (χ0) is 29.0. The SMILES string of the molecule is COC(=O)c1c(NC(=O)C(C)Sc2cccc(NC(=O)c3ccco3)c2)sc2c1CCN(C(=O)OC(C)(C)C)C2. The number of furan rings is 1. The van der Waals surface area contributed by atoms with Crippen LogP contribution in [0.1, 0.15) is 59.0 Å².